The molecule has 0 atom stereocenters. The van der Waals surface area contributed by atoms with Gasteiger partial charge < -0.3 is 0 Å². The fourth-order valence-corrected chi connectivity index (χ4v) is 2.02. The number of hydrogen-bond donors (Lipinski definition) is 0. The smallest absolute Gasteiger partial charge is 0.174 e. The van der Waals surface area contributed by atoms with Crippen LogP contribution < -0.4 is 0 Å². The van der Waals surface area contributed by atoms with Crippen LogP contribution in [0.15, 0.2) is 55.1 Å². The van der Waals surface area contributed by atoms with Gasteiger partial charge in [0.1, 0.15) is 0 Å². The Balaban J connectivity index is 1.85. The maximum Gasteiger partial charge on any atom is 0.174 e. The monoisotopic (exact) mass is 265 g/mol. The summed E-state index contributed by atoms with van der Waals surface area (Å²) in [5, 5.41) is 4.06. The zero-order chi connectivity index (χ0) is 13.9. The van der Waals surface area contributed by atoms with E-state index >= 15 is 0 Å². The maximum atomic E-state index is 12.2. The molecule has 0 bridgehead atoms. The summed E-state index contributed by atoms with van der Waals surface area (Å²) in [6.45, 7) is 0. The third kappa shape index (κ3) is 2.21. The van der Waals surface area contributed by atoms with Crippen molar-refractivity contribution in [2.45, 2.75) is 6.42 Å². The predicted molar refractivity (Wildman–Crippen MR) is 72.7 cm³/mol. The third-order valence-electron chi connectivity index (χ3n) is 3.04. The lowest BCUT2D eigenvalue weighted by molar-refractivity contribution is 0.0895. The number of fused-ring (bicyclic) bond motifs is 1. The van der Waals surface area contributed by atoms with Gasteiger partial charge in [-0.1, -0.05) is 30.3 Å². The Hall–Kier alpha value is -2.82. The summed E-state index contributed by atoms with van der Waals surface area (Å²) in [7, 11) is 0. The molecule has 98 valence electrons. The first-order chi connectivity index (χ1) is 9.75. The Kier molecular flexibility index (Phi) is 3.09. The molecule has 0 aliphatic carbocycles. The van der Waals surface area contributed by atoms with E-state index in [0.717, 1.165) is 0 Å². The summed E-state index contributed by atoms with van der Waals surface area (Å²) in [4.78, 5) is 28.2. The minimum absolute atomic E-state index is 0.166. The van der Waals surface area contributed by atoms with Gasteiger partial charge in [-0.25, -0.2) is 4.52 Å². The summed E-state index contributed by atoms with van der Waals surface area (Å²) >= 11 is 0. The molecule has 0 radical (unpaired) electrons. The Morgan fingerprint density at radius 3 is 2.65 bits per heavy atom. The standard InChI is InChI=1S/C15H11N3O2/c19-14(11-4-2-1-3-5-11)8-15(20)12-9-17-18-7-6-16-10-13(12)18/h1-7,9-10H,8H2. The highest BCUT2D eigenvalue weighted by Crippen LogP contribution is 2.13. The number of Topliss-reactive ketones (excluding diaryl/α,β-unsaturated/α-hetero) is 2. The Labute approximate surface area is 114 Å². The molecule has 3 rings (SSSR count). The molecule has 20 heavy (non-hydrogen) atoms. The molecular weight excluding hydrogens is 254 g/mol. The van der Waals surface area contributed by atoms with Gasteiger partial charge in [0.25, 0.3) is 0 Å². The average molecular weight is 265 g/mol. The van der Waals surface area contributed by atoms with Gasteiger partial charge in [0.2, 0.25) is 0 Å². The van der Waals surface area contributed by atoms with Crippen LogP contribution in [0.5, 0.6) is 0 Å². The van der Waals surface area contributed by atoms with Crippen LogP contribution in [0.25, 0.3) is 5.52 Å². The van der Waals surface area contributed by atoms with Gasteiger partial charge in [-0.3, -0.25) is 14.6 Å². The molecular formula is C15H11N3O2. The lowest BCUT2D eigenvalue weighted by atomic mass is 10.0. The van der Waals surface area contributed by atoms with E-state index in [1.54, 1.807) is 47.4 Å². The lowest BCUT2D eigenvalue weighted by Crippen LogP contribution is -2.08. The summed E-state index contributed by atoms with van der Waals surface area (Å²) in [5.74, 6) is -0.444. The number of carbonyl (C=O) groups is 2. The molecule has 0 saturated heterocycles. The van der Waals surface area contributed by atoms with Crippen molar-refractivity contribution in [1.29, 1.82) is 0 Å². The van der Waals surface area contributed by atoms with E-state index in [4.69, 9.17) is 0 Å². The van der Waals surface area contributed by atoms with Gasteiger partial charge in [0.15, 0.2) is 11.6 Å². The number of carbonyl (C=O) groups excluding carboxylic acids is 2. The van der Waals surface area contributed by atoms with Crippen LogP contribution in [0.1, 0.15) is 27.1 Å². The second-order valence-corrected chi connectivity index (χ2v) is 4.35. The zero-order valence-corrected chi connectivity index (χ0v) is 10.6. The fourth-order valence-electron chi connectivity index (χ4n) is 2.02. The molecule has 0 aliphatic rings. The SMILES string of the molecule is O=C(CC(=O)c1cnn2ccncc12)c1ccccc1. The molecule has 2 heterocycles. The molecule has 0 unspecified atom stereocenters. The number of hydrogen-bond acceptors (Lipinski definition) is 4. The van der Waals surface area contributed by atoms with Crippen LogP contribution in [-0.2, 0) is 0 Å². The Bertz CT molecular complexity index is 778. The quantitative estimate of drug-likeness (QED) is 0.535. The highest BCUT2D eigenvalue weighted by molar-refractivity contribution is 6.15. The topological polar surface area (TPSA) is 64.3 Å². The van der Waals surface area contributed by atoms with Crippen LogP contribution >= 0.6 is 0 Å². The minimum atomic E-state index is -0.248. The van der Waals surface area contributed by atoms with Crippen molar-refractivity contribution in [2.75, 3.05) is 0 Å². The lowest BCUT2D eigenvalue weighted by Gasteiger charge is -2.00. The summed E-state index contributed by atoms with van der Waals surface area (Å²) < 4.78 is 1.56. The normalized spacial score (nSPS) is 10.6. The van der Waals surface area contributed by atoms with Crippen LogP contribution in [-0.4, -0.2) is 26.2 Å². The fraction of sp³-hybridized carbons (Fsp3) is 0.0667. The molecule has 0 fully saturated rings. The van der Waals surface area contributed by atoms with Gasteiger partial charge in [-0.15, -0.1) is 0 Å². The predicted octanol–water partition coefficient (Wildman–Crippen LogP) is 2.18. The van der Waals surface area contributed by atoms with Crippen molar-refractivity contribution in [2.24, 2.45) is 0 Å². The van der Waals surface area contributed by atoms with Gasteiger partial charge in [-0.05, 0) is 0 Å². The number of rotatable bonds is 4. The Morgan fingerprint density at radius 2 is 1.85 bits per heavy atom. The largest absolute Gasteiger partial charge is 0.294 e. The van der Waals surface area contributed by atoms with Crippen LogP contribution in [0.2, 0.25) is 0 Å². The van der Waals surface area contributed by atoms with Gasteiger partial charge >= 0.3 is 0 Å². The van der Waals surface area contributed by atoms with E-state index in [9.17, 15) is 9.59 Å². The van der Waals surface area contributed by atoms with E-state index in [0.29, 0.717) is 16.6 Å². The van der Waals surface area contributed by atoms with Crippen LogP contribution in [0.4, 0.5) is 0 Å². The second-order valence-electron chi connectivity index (χ2n) is 4.35. The molecule has 3 aromatic rings. The van der Waals surface area contributed by atoms with Crippen molar-refractivity contribution < 1.29 is 9.59 Å². The second kappa shape index (κ2) is 5.05. The number of nitrogens with zero attached hydrogens (tertiary/aromatic N) is 3. The molecule has 0 N–H and O–H groups in total. The van der Waals surface area contributed by atoms with E-state index < -0.39 is 0 Å². The zero-order valence-electron chi connectivity index (χ0n) is 10.6. The van der Waals surface area contributed by atoms with Gasteiger partial charge in [-0.2, -0.15) is 5.10 Å². The molecule has 0 saturated carbocycles. The van der Waals surface area contributed by atoms with Crippen LogP contribution in [0.3, 0.4) is 0 Å². The average Bonchev–Trinajstić information content (AvgIpc) is 2.92. The van der Waals surface area contributed by atoms with Gasteiger partial charge in [0.05, 0.1) is 29.9 Å². The molecule has 5 heteroatoms. The van der Waals surface area contributed by atoms with Gasteiger partial charge in [0, 0.05) is 18.0 Å². The van der Waals surface area contributed by atoms with Crippen LogP contribution in [0, 0.1) is 0 Å². The highest BCUT2D eigenvalue weighted by atomic mass is 16.1. The first-order valence-corrected chi connectivity index (χ1v) is 6.14. The highest BCUT2D eigenvalue weighted by Gasteiger charge is 2.17. The first-order valence-electron chi connectivity index (χ1n) is 6.14. The Morgan fingerprint density at radius 1 is 1.05 bits per heavy atom. The van der Waals surface area contributed by atoms with E-state index in [2.05, 4.69) is 10.1 Å². The summed E-state index contributed by atoms with van der Waals surface area (Å²) in [6, 6.07) is 8.78. The number of ketones is 2. The first kappa shape index (κ1) is 12.2. The molecule has 0 aliphatic heterocycles. The van der Waals surface area contributed by atoms with Crippen molar-refractivity contribution in [3.8, 4) is 0 Å². The minimum Gasteiger partial charge on any atom is -0.294 e. The van der Waals surface area contributed by atoms with Crippen molar-refractivity contribution in [3.63, 3.8) is 0 Å². The molecule has 0 spiro atoms. The van der Waals surface area contributed by atoms with Crippen molar-refractivity contribution in [3.05, 3.63) is 66.2 Å². The molecule has 1 aromatic carbocycles. The molecule has 5 nitrogen and oxygen atoms in total. The number of benzene rings is 1. The maximum absolute atomic E-state index is 12.2. The third-order valence-corrected chi connectivity index (χ3v) is 3.04. The van der Waals surface area contributed by atoms with Crippen molar-refractivity contribution >= 4 is 17.1 Å². The number of aromatic nitrogens is 3. The summed E-state index contributed by atoms with van der Waals surface area (Å²) in [5.41, 5.74) is 1.57. The van der Waals surface area contributed by atoms with E-state index in [-0.39, 0.29) is 18.0 Å². The summed E-state index contributed by atoms with van der Waals surface area (Å²) in [6.07, 6.45) is 6.11. The van der Waals surface area contributed by atoms with E-state index in [1.165, 1.54) is 6.20 Å². The van der Waals surface area contributed by atoms with E-state index in [1.807, 2.05) is 6.07 Å². The molecule has 2 aromatic heterocycles. The van der Waals surface area contributed by atoms with Crippen molar-refractivity contribution in [1.82, 2.24) is 14.6 Å². The molecule has 0 amide bonds.